The number of piperidine rings is 1. The highest BCUT2D eigenvalue weighted by molar-refractivity contribution is 5.41. The van der Waals surface area contributed by atoms with Gasteiger partial charge in [-0.2, -0.15) is 26.3 Å². The van der Waals surface area contributed by atoms with Crippen LogP contribution in [-0.4, -0.2) is 40.6 Å². The summed E-state index contributed by atoms with van der Waals surface area (Å²) in [5.41, 5.74) is 0.324. The molecule has 1 heterocycles. The van der Waals surface area contributed by atoms with Crippen LogP contribution in [0.4, 0.5) is 32.0 Å². The van der Waals surface area contributed by atoms with Gasteiger partial charge in [-0.05, 0) is 62.0 Å². The molecule has 1 aliphatic rings. The quantitative estimate of drug-likeness (QED) is 0.432. The lowest BCUT2D eigenvalue weighted by atomic mass is 9.77. The largest absolute Gasteiger partial charge is 0.430 e. The van der Waals surface area contributed by atoms with Crippen molar-refractivity contribution in [1.82, 2.24) is 4.90 Å². The second kappa shape index (κ2) is 8.81. The van der Waals surface area contributed by atoms with E-state index in [0.717, 1.165) is 17.7 Å². The summed E-state index contributed by atoms with van der Waals surface area (Å²) >= 11 is 0. The Morgan fingerprint density at radius 1 is 0.818 bits per heavy atom. The zero-order valence-corrected chi connectivity index (χ0v) is 17.9. The molecule has 182 valence electrons. The molecule has 33 heavy (non-hydrogen) atoms. The van der Waals surface area contributed by atoms with Crippen molar-refractivity contribution in [1.29, 1.82) is 0 Å². The van der Waals surface area contributed by atoms with Crippen molar-refractivity contribution >= 4 is 5.69 Å². The predicted molar refractivity (Wildman–Crippen MR) is 111 cm³/mol. The topological polar surface area (TPSA) is 69.7 Å². The number of aliphatic hydroxyl groups is 2. The van der Waals surface area contributed by atoms with Gasteiger partial charge in [0.1, 0.15) is 0 Å². The number of hydrogen-bond donors (Lipinski definition) is 3. The number of alkyl halides is 6. The average Bonchev–Trinajstić information content (AvgIpc) is 2.73. The van der Waals surface area contributed by atoms with E-state index in [1.54, 1.807) is 31.2 Å². The second-order valence-corrected chi connectivity index (χ2v) is 8.72. The molecule has 0 aromatic heterocycles. The van der Waals surface area contributed by atoms with Crippen LogP contribution >= 0.6 is 0 Å². The molecule has 0 amide bonds. The summed E-state index contributed by atoms with van der Waals surface area (Å²) in [5.74, 6) is -0.0201. The molecular formula is C23H26F6N2O2. The van der Waals surface area contributed by atoms with Crippen molar-refractivity contribution in [2.45, 2.75) is 49.9 Å². The minimum Gasteiger partial charge on any atom is -0.399 e. The number of nitrogens with zero attached hydrogens (tertiary/aromatic N) is 1. The van der Waals surface area contributed by atoms with E-state index in [-0.39, 0.29) is 5.92 Å². The van der Waals surface area contributed by atoms with Crippen LogP contribution in [0.2, 0.25) is 0 Å². The molecule has 2 aromatic rings. The van der Waals surface area contributed by atoms with Gasteiger partial charge in [0.2, 0.25) is 0 Å². The molecule has 3 rings (SSSR count). The molecule has 10 heteroatoms. The Labute approximate surface area is 187 Å². The minimum atomic E-state index is -5.91. The number of nitrogens with two attached hydrogens (primary N) is 1. The first-order chi connectivity index (χ1) is 15.2. The van der Waals surface area contributed by atoms with Crippen LogP contribution in [0.15, 0.2) is 48.5 Å². The molecule has 1 unspecified atom stereocenters. The third-order valence-electron chi connectivity index (χ3n) is 6.48. The van der Waals surface area contributed by atoms with E-state index in [9.17, 15) is 36.6 Å². The first-order valence-corrected chi connectivity index (χ1v) is 10.4. The number of hydrogen-bond acceptors (Lipinski definition) is 4. The van der Waals surface area contributed by atoms with E-state index < -0.39 is 29.1 Å². The fraction of sp³-hybridized carbons (Fsp3) is 0.478. The van der Waals surface area contributed by atoms with Gasteiger partial charge in [-0.15, -0.1) is 0 Å². The van der Waals surface area contributed by atoms with Gasteiger partial charge in [0.15, 0.2) is 0 Å². The van der Waals surface area contributed by atoms with Gasteiger partial charge in [-0.25, -0.2) is 0 Å². The summed E-state index contributed by atoms with van der Waals surface area (Å²) in [7, 11) is 0. The number of halogens is 6. The molecule has 1 fully saturated rings. The highest BCUT2D eigenvalue weighted by Crippen LogP contribution is 2.50. The maximum Gasteiger partial charge on any atom is 0.430 e. The lowest BCUT2D eigenvalue weighted by Crippen LogP contribution is -2.53. The van der Waals surface area contributed by atoms with Gasteiger partial charge < -0.3 is 15.9 Å². The molecule has 1 atom stereocenters. The number of anilines is 1. The van der Waals surface area contributed by atoms with Crippen LogP contribution in [-0.2, 0) is 17.7 Å². The van der Waals surface area contributed by atoms with E-state index >= 15 is 0 Å². The Bertz CT molecular complexity index is 917. The van der Waals surface area contributed by atoms with Crippen LogP contribution in [0, 0.1) is 5.92 Å². The van der Waals surface area contributed by atoms with Crippen LogP contribution in [0.3, 0.4) is 0 Å². The summed E-state index contributed by atoms with van der Waals surface area (Å²) in [6.07, 6.45) is -10.5. The second-order valence-electron chi connectivity index (χ2n) is 8.72. The maximum atomic E-state index is 13.0. The molecule has 0 bridgehead atoms. The van der Waals surface area contributed by atoms with Gasteiger partial charge in [0.25, 0.3) is 5.60 Å². The van der Waals surface area contributed by atoms with E-state index in [4.69, 9.17) is 5.73 Å². The fourth-order valence-corrected chi connectivity index (χ4v) is 4.31. The van der Waals surface area contributed by atoms with Gasteiger partial charge >= 0.3 is 12.4 Å². The summed E-state index contributed by atoms with van der Waals surface area (Å²) in [4.78, 5) is 2.02. The van der Waals surface area contributed by atoms with Gasteiger partial charge in [0, 0.05) is 17.8 Å². The molecule has 0 aliphatic carbocycles. The normalized spacial score (nSPS) is 18.8. The van der Waals surface area contributed by atoms with Crippen molar-refractivity contribution in [2.24, 2.45) is 5.92 Å². The molecule has 4 N–H and O–H groups in total. The van der Waals surface area contributed by atoms with E-state index in [0.29, 0.717) is 55.9 Å². The summed E-state index contributed by atoms with van der Waals surface area (Å²) in [6.45, 7) is 3.28. The van der Waals surface area contributed by atoms with E-state index in [1.165, 1.54) is 0 Å². The highest BCUT2D eigenvalue weighted by atomic mass is 19.4. The molecular weight excluding hydrogens is 450 g/mol. The number of nitrogen functional groups attached to an aromatic ring is 1. The standard InChI is InChI=1S/C23H26F6N2O2/c1-20(32,16-6-8-19(30)9-7-16)17-10-12-31(13-11-17)14-15-2-4-18(5-3-15)21(33,22(24,25)26)23(27,28)29/h2-9,17,32-33H,10-14,30H2,1H3. The van der Waals surface area contributed by atoms with Gasteiger partial charge in [-0.1, -0.05) is 36.4 Å². The molecule has 0 saturated carbocycles. The SMILES string of the molecule is CC(O)(c1ccc(N)cc1)C1CCN(Cc2ccc(C(O)(C(F)(F)F)C(F)(F)F)cc2)CC1. The summed E-state index contributed by atoms with van der Waals surface area (Å²) < 4.78 is 78.2. The summed E-state index contributed by atoms with van der Waals surface area (Å²) in [6, 6.07) is 10.7. The van der Waals surface area contributed by atoms with Crippen molar-refractivity contribution < 1.29 is 36.6 Å². The highest BCUT2D eigenvalue weighted by Gasteiger charge is 2.71. The van der Waals surface area contributed by atoms with Crippen molar-refractivity contribution in [2.75, 3.05) is 18.8 Å². The monoisotopic (exact) mass is 476 g/mol. The van der Waals surface area contributed by atoms with E-state index in [1.807, 2.05) is 4.90 Å². The number of likely N-dealkylation sites (tertiary alicyclic amines) is 1. The lowest BCUT2D eigenvalue weighted by Gasteiger charge is -2.40. The first-order valence-electron chi connectivity index (χ1n) is 10.4. The zero-order valence-electron chi connectivity index (χ0n) is 17.9. The molecule has 4 nitrogen and oxygen atoms in total. The molecule has 1 aliphatic heterocycles. The average molecular weight is 476 g/mol. The molecule has 1 saturated heterocycles. The first kappa shape index (κ1) is 25.3. The smallest absolute Gasteiger partial charge is 0.399 e. The zero-order chi connectivity index (χ0) is 24.7. The van der Waals surface area contributed by atoms with Crippen molar-refractivity contribution in [3.63, 3.8) is 0 Å². The van der Waals surface area contributed by atoms with Gasteiger partial charge in [0.05, 0.1) is 5.60 Å². The molecule has 0 radical (unpaired) electrons. The number of rotatable bonds is 5. The Balaban J connectivity index is 1.65. The number of benzene rings is 2. The molecule has 0 spiro atoms. The van der Waals surface area contributed by atoms with Crippen LogP contribution < -0.4 is 5.73 Å². The summed E-state index contributed by atoms with van der Waals surface area (Å²) in [5, 5.41) is 20.5. The van der Waals surface area contributed by atoms with Crippen molar-refractivity contribution in [3.8, 4) is 0 Å². The predicted octanol–water partition coefficient (Wildman–Crippen LogP) is 4.70. The molecule has 2 aromatic carbocycles. The Morgan fingerprint density at radius 3 is 1.73 bits per heavy atom. The Kier molecular flexibility index (Phi) is 6.76. The van der Waals surface area contributed by atoms with E-state index in [2.05, 4.69) is 0 Å². The Hall–Kier alpha value is -2.30. The third-order valence-corrected chi connectivity index (χ3v) is 6.48. The maximum absolute atomic E-state index is 13.0. The lowest BCUT2D eigenvalue weighted by molar-refractivity contribution is -0.376. The van der Waals surface area contributed by atoms with Crippen molar-refractivity contribution in [3.05, 3.63) is 65.2 Å². The third kappa shape index (κ3) is 4.97. The van der Waals surface area contributed by atoms with Crippen LogP contribution in [0.5, 0.6) is 0 Å². The van der Waals surface area contributed by atoms with Gasteiger partial charge in [-0.3, -0.25) is 4.90 Å². The fourth-order valence-electron chi connectivity index (χ4n) is 4.31. The van der Waals surface area contributed by atoms with Crippen LogP contribution in [0.1, 0.15) is 36.5 Å². The Morgan fingerprint density at radius 2 is 1.27 bits per heavy atom. The van der Waals surface area contributed by atoms with Crippen LogP contribution in [0.25, 0.3) is 0 Å². The minimum absolute atomic E-state index is 0.0201.